The molecule has 0 aromatic rings. The first-order valence-electron chi connectivity index (χ1n) is 4.21. The van der Waals surface area contributed by atoms with E-state index in [0.29, 0.717) is 12.5 Å². The SMILES string of the molecule is O=C1C[C@H](CO)CN1C1CC1. The number of aliphatic hydroxyl groups is 1. The van der Waals surface area contributed by atoms with Crippen LogP contribution in [0, 0.1) is 5.92 Å². The van der Waals surface area contributed by atoms with Gasteiger partial charge in [-0.25, -0.2) is 0 Å². The Kier molecular flexibility index (Phi) is 1.60. The van der Waals surface area contributed by atoms with Crippen molar-refractivity contribution in [3.05, 3.63) is 0 Å². The number of likely N-dealkylation sites (tertiary alicyclic amines) is 1. The minimum Gasteiger partial charge on any atom is -0.396 e. The van der Waals surface area contributed by atoms with Crippen LogP contribution in [0.3, 0.4) is 0 Å². The molecule has 1 saturated heterocycles. The van der Waals surface area contributed by atoms with Gasteiger partial charge in [-0.3, -0.25) is 4.79 Å². The van der Waals surface area contributed by atoms with Gasteiger partial charge in [-0.1, -0.05) is 0 Å². The van der Waals surface area contributed by atoms with Crippen LogP contribution >= 0.6 is 0 Å². The number of hydrogen-bond acceptors (Lipinski definition) is 2. The van der Waals surface area contributed by atoms with E-state index in [0.717, 1.165) is 6.54 Å². The number of amides is 1. The molecule has 1 saturated carbocycles. The van der Waals surface area contributed by atoms with Crippen molar-refractivity contribution in [2.75, 3.05) is 13.2 Å². The number of rotatable bonds is 2. The molecule has 1 aliphatic carbocycles. The Labute approximate surface area is 66.0 Å². The summed E-state index contributed by atoms with van der Waals surface area (Å²) in [7, 11) is 0. The third-order valence-corrected chi connectivity index (χ3v) is 2.48. The van der Waals surface area contributed by atoms with E-state index >= 15 is 0 Å². The Balaban J connectivity index is 1.96. The summed E-state index contributed by atoms with van der Waals surface area (Å²) < 4.78 is 0. The Morgan fingerprint density at radius 1 is 1.55 bits per heavy atom. The van der Waals surface area contributed by atoms with Gasteiger partial charge in [-0.05, 0) is 12.8 Å². The van der Waals surface area contributed by atoms with Crippen LogP contribution in [-0.4, -0.2) is 35.1 Å². The van der Waals surface area contributed by atoms with E-state index in [9.17, 15) is 4.79 Å². The fourth-order valence-corrected chi connectivity index (χ4v) is 1.67. The van der Waals surface area contributed by atoms with Crippen LogP contribution in [0.25, 0.3) is 0 Å². The van der Waals surface area contributed by atoms with Crippen LogP contribution < -0.4 is 0 Å². The minimum atomic E-state index is 0.162. The van der Waals surface area contributed by atoms with E-state index in [2.05, 4.69) is 0 Å². The lowest BCUT2D eigenvalue weighted by atomic mass is 10.1. The molecular formula is C8H13NO2. The second kappa shape index (κ2) is 2.48. The molecule has 3 nitrogen and oxygen atoms in total. The van der Waals surface area contributed by atoms with Gasteiger partial charge in [0.2, 0.25) is 5.91 Å². The third-order valence-electron chi connectivity index (χ3n) is 2.48. The normalized spacial score (nSPS) is 31.5. The highest BCUT2D eigenvalue weighted by atomic mass is 16.3. The number of hydrogen-bond donors (Lipinski definition) is 1. The Morgan fingerprint density at radius 3 is 2.73 bits per heavy atom. The van der Waals surface area contributed by atoms with Crippen LogP contribution in [0.2, 0.25) is 0 Å². The van der Waals surface area contributed by atoms with Gasteiger partial charge in [-0.15, -0.1) is 0 Å². The van der Waals surface area contributed by atoms with E-state index in [4.69, 9.17) is 5.11 Å². The fourth-order valence-electron chi connectivity index (χ4n) is 1.67. The molecule has 2 fully saturated rings. The molecule has 2 rings (SSSR count). The quantitative estimate of drug-likeness (QED) is 0.609. The molecule has 3 heteroatoms. The first-order chi connectivity index (χ1) is 5.31. The van der Waals surface area contributed by atoms with Gasteiger partial charge in [0, 0.05) is 31.5 Å². The summed E-state index contributed by atoms with van der Waals surface area (Å²) >= 11 is 0. The predicted molar refractivity (Wildman–Crippen MR) is 39.9 cm³/mol. The minimum absolute atomic E-state index is 0.162. The molecule has 1 aliphatic heterocycles. The van der Waals surface area contributed by atoms with Crippen LogP contribution in [0.1, 0.15) is 19.3 Å². The summed E-state index contributed by atoms with van der Waals surface area (Å²) in [6.45, 7) is 0.953. The van der Waals surface area contributed by atoms with Crippen molar-refractivity contribution in [1.29, 1.82) is 0 Å². The smallest absolute Gasteiger partial charge is 0.223 e. The fraction of sp³-hybridized carbons (Fsp3) is 0.875. The summed E-state index contributed by atoms with van der Waals surface area (Å²) in [5, 5.41) is 8.82. The molecule has 0 spiro atoms. The standard InChI is InChI=1S/C8H13NO2/c10-5-6-3-8(11)9(4-6)7-1-2-7/h6-7,10H,1-5H2/t6-/m0/s1. The number of nitrogens with zero attached hydrogens (tertiary/aromatic N) is 1. The lowest BCUT2D eigenvalue weighted by Gasteiger charge is -2.14. The first kappa shape index (κ1) is 7.10. The molecule has 1 heterocycles. The largest absolute Gasteiger partial charge is 0.396 e. The van der Waals surface area contributed by atoms with Crippen molar-refractivity contribution < 1.29 is 9.90 Å². The number of aliphatic hydroxyl groups excluding tert-OH is 1. The Morgan fingerprint density at radius 2 is 2.27 bits per heavy atom. The zero-order valence-corrected chi connectivity index (χ0v) is 6.49. The molecule has 1 amide bonds. The first-order valence-corrected chi connectivity index (χ1v) is 4.21. The summed E-state index contributed by atoms with van der Waals surface area (Å²) in [4.78, 5) is 13.2. The highest BCUT2D eigenvalue weighted by Gasteiger charge is 2.38. The van der Waals surface area contributed by atoms with E-state index in [1.54, 1.807) is 0 Å². The zero-order chi connectivity index (χ0) is 7.84. The van der Waals surface area contributed by atoms with Crippen LogP contribution in [0.15, 0.2) is 0 Å². The average Bonchev–Trinajstić information content (AvgIpc) is 2.76. The van der Waals surface area contributed by atoms with Crippen LogP contribution in [0.4, 0.5) is 0 Å². The second-order valence-corrected chi connectivity index (χ2v) is 3.53. The highest BCUT2D eigenvalue weighted by Crippen LogP contribution is 2.32. The molecule has 0 aromatic carbocycles. The molecule has 1 N–H and O–H groups in total. The molecule has 11 heavy (non-hydrogen) atoms. The summed E-state index contributed by atoms with van der Waals surface area (Å²) in [5.41, 5.74) is 0. The van der Waals surface area contributed by atoms with Gasteiger partial charge in [0.1, 0.15) is 0 Å². The zero-order valence-electron chi connectivity index (χ0n) is 6.49. The van der Waals surface area contributed by atoms with Crippen molar-refractivity contribution in [3.63, 3.8) is 0 Å². The lowest BCUT2D eigenvalue weighted by Crippen LogP contribution is -2.27. The summed E-state index contributed by atoms with van der Waals surface area (Å²) in [6.07, 6.45) is 2.90. The molecule has 0 bridgehead atoms. The second-order valence-electron chi connectivity index (χ2n) is 3.53. The maximum Gasteiger partial charge on any atom is 0.223 e. The number of carbonyl (C=O) groups excluding carboxylic acids is 1. The molecule has 0 aromatic heterocycles. The van der Waals surface area contributed by atoms with Crippen molar-refractivity contribution in [2.24, 2.45) is 5.92 Å². The van der Waals surface area contributed by atoms with Crippen LogP contribution in [-0.2, 0) is 4.79 Å². The van der Waals surface area contributed by atoms with E-state index in [1.807, 2.05) is 4.90 Å². The molecule has 2 aliphatic rings. The third kappa shape index (κ3) is 1.25. The maximum absolute atomic E-state index is 11.2. The van der Waals surface area contributed by atoms with Crippen molar-refractivity contribution in [1.82, 2.24) is 4.90 Å². The van der Waals surface area contributed by atoms with Crippen molar-refractivity contribution >= 4 is 5.91 Å². The van der Waals surface area contributed by atoms with Crippen LogP contribution in [0.5, 0.6) is 0 Å². The maximum atomic E-state index is 11.2. The lowest BCUT2D eigenvalue weighted by molar-refractivity contribution is -0.128. The van der Waals surface area contributed by atoms with Gasteiger partial charge in [0.05, 0.1) is 0 Å². The van der Waals surface area contributed by atoms with E-state index in [-0.39, 0.29) is 18.4 Å². The number of carbonyl (C=O) groups is 1. The van der Waals surface area contributed by atoms with Gasteiger partial charge in [-0.2, -0.15) is 0 Å². The summed E-state index contributed by atoms with van der Waals surface area (Å²) in [5.74, 6) is 0.453. The predicted octanol–water partition coefficient (Wildman–Crippen LogP) is -0.0104. The molecular weight excluding hydrogens is 142 g/mol. The Bertz CT molecular complexity index is 177. The van der Waals surface area contributed by atoms with Crippen molar-refractivity contribution in [2.45, 2.75) is 25.3 Å². The van der Waals surface area contributed by atoms with Gasteiger partial charge < -0.3 is 10.0 Å². The van der Waals surface area contributed by atoms with Gasteiger partial charge in [0.15, 0.2) is 0 Å². The summed E-state index contributed by atoms with van der Waals surface area (Å²) in [6, 6.07) is 0.527. The van der Waals surface area contributed by atoms with Gasteiger partial charge >= 0.3 is 0 Å². The average molecular weight is 155 g/mol. The van der Waals surface area contributed by atoms with Crippen molar-refractivity contribution in [3.8, 4) is 0 Å². The van der Waals surface area contributed by atoms with E-state index < -0.39 is 0 Å². The molecule has 0 unspecified atom stereocenters. The monoisotopic (exact) mass is 155 g/mol. The Hall–Kier alpha value is -0.570. The topological polar surface area (TPSA) is 40.5 Å². The molecule has 62 valence electrons. The molecule has 1 atom stereocenters. The van der Waals surface area contributed by atoms with E-state index in [1.165, 1.54) is 12.8 Å². The highest BCUT2D eigenvalue weighted by molar-refractivity contribution is 5.79. The van der Waals surface area contributed by atoms with Gasteiger partial charge in [0.25, 0.3) is 0 Å². The molecule has 0 radical (unpaired) electrons.